The van der Waals surface area contributed by atoms with Gasteiger partial charge in [-0.25, -0.2) is 0 Å². The average molecular weight is 343 g/mol. The van der Waals surface area contributed by atoms with E-state index in [2.05, 4.69) is 0 Å². The first-order valence-electron chi connectivity index (χ1n) is 7.98. The minimum absolute atomic E-state index is 0.154. The summed E-state index contributed by atoms with van der Waals surface area (Å²) in [6.45, 7) is 0. The summed E-state index contributed by atoms with van der Waals surface area (Å²) in [4.78, 5) is 1.79. The molecule has 2 nitrogen and oxygen atoms in total. The SMILES string of the molecule is CN1c2c(ccc3ccccc23)C(C(F)(F)F)OC1c1ccccc1. The van der Waals surface area contributed by atoms with Gasteiger partial charge in [-0.1, -0.05) is 66.7 Å². The van der Waals surface area contributed by atoms with Crippen molar-refractivity contribution < 1.29 is 17.9 Å². The van der Waals surface area contributed by atoms with Crippen molar-refractivity contribution in [3.63, 3.8) is 0 Å². The zero-order valence-electron chi connectivity index (χ0n) is 13.5. The lowest BCUT2D eigenvalue weighted by Crippen LogP contribution is -2.38. The van der Waals surface area contributed by atoms with E-state index >= 15 is 0 Å². The first-order valence-corrected chi connectivity index (χ1v) is 7.98. The maximum atomic E-state index is 13.7. The van der Waals surface area contributed by atoms with Crippen molar-refractivity contribution in [1.29, 1.82) is 0 Å². The van der Waals surface area contributed by atoms with Crippen molar-refractivity contribution in [3.05, 3.63) is 77.9 Å². The van der Waals surface area contributed by atoms with Gasteiger partial charge in [0.25, 0.3) is 0 Å². The summed E-state index contributed by atoms with van der Waals surface area (Å²) >= 11 is 0. The molecule has 1 aliphatic rings. The Bertz CT molecular complexity index is 908. The third-order valence-corrected chi connectivity index (χ3v) is 4.57. The van der Waals surface area contributed by atoms with Gasteiger partial charge in [-0.2, -0.15) is 13.2 Å². The molecule has 3 aromatic carbocycles. The van der Waals surface area contributed by atoms with Gasteiger partial charge < -0.3 is 9.64 Å². The van der Waals surface area contributed by atoms with Crippen LogP contribution in [0.5, 0.6) is 0 Å². The molecule has 5 heteroatoms. The molecule has 0 saturated carbocycles. The van der Waals surface area contributed by atoms with E-state index < -0.39 is 18.5 Å². The maximum absolute atomic E-state index is 13.7. The smallest absolute Gasteiger partial charge is 0.345 e. The standard InChI is InChI=1S/C20H16F3NO/c1-24-17-15-10-6-5-7-13(15)11-12-16(17)18(20(21,22)23)25-19(24)14-8-3-2-4-9-14/h2-12,18-19H,1H3. The van der Waals surface area contributed by atoms with Crippen LogP contribution in [0.1, 0.15) is 23.5 Å². The molecule has 4 rings (SSSR count). The molecule has 0 bridgehead atoms. The fourth-order valence-corrected chi connectivity index (χ4v) is 3.46. The van der Waals surface area contributed by atoms with Gasteiger partial charge >= 0.3 is 6.18 Å². The van der Waals surface area contributed by atoms with E-state index in [1.165, 1.54) is 6.07 Å². The Morgan fingerprint density at radius 2 is 1.56 bits per heavy atom. The van der Waals surface area contributed by atoms with Gasteiger partial charge in [-0.3, -0.25) is 0 Å². The van der Waals surface area contributed by atoms with Crippen molar-refractivity contribution in [2.24, 2.45) is 0 Å². The fraction of sp³-hybridized carbons (Fsp3) is 0.200. The van der Waals surface area contributed by atoms with Gasteiger partial charge in [0.1, 0.15) is 0 Å². The number of nitrogens with zero attached hydrogens (tertiary/aromatic N) is 1. The Hall–Kier alpha value is -2.53. The molecule has 0 saturated heterocycles. The van der Waals surface area contributed by atoms with Gasteiger partial charge in [0.15, 0.2) is 12.3 Å². The van der Waals surface area contributed by atoms with Crippen molar-refractivity contribution in [2.75, 3.05) is 11.9 Å². The predicted molar refractivity (Wildman–Crippen MR) is 91.4 cm³/mol. The number of ether oxygens (including phenoxy) is 1. The monoisotopic (exact) mass is 343 g/mol. The van der Waals surface area contributed by atoms with Crippen LogP contribution >= 0.6 is 0 Å². The number of rotatable bonds is 1. The van der Waals surface area contributed by atoms with E-state index in [0.29, 0.717) is 11.3 Å². The third-order valence-electron chi connectivity index (χ3n) is 4.57. The number of hydrogen-bond acceptors (Lipinski definition) is 2. The van der Waals surface area contributed by atoms with E-state index in [9.17, 15) is 13.2 Å². The molecule has 1 aliphatic heterocycles. The Labute approximate surface area is 143 Å². The Morgan fingerprint density at radius 1 is 0.880 bits per heavy atom. The highest BCUT2D eigenvalue weighted by atomic mass is 19.4. The highest BCUT2D eigenvalue weighted by Gasteiger charge is 2.48. The summed E-state index contributed by atoms with van der Waals surface area (Å²) in [6, 6.07) is 19.7. The quantitative estimate of drug-likeness (QED) is 0.569. The minimum atomic E-state index is -4.48. The van der Waals surface area contributed by atoms with Crippen molar-refractivity contribution >= 4 is 16.5 Å². The highest BCUT2D eigenvalue weighted by molar-refractivity contribution is 5.96. The van der Waals surface area contributed by atoms with Crippen molar-refractivity contribution in [2.45, 2.75) is 18.5 Å². The zero-order chi connectivity index (χ0) is 17.6. The molecule has 0 aromatic heterocycles. The lowest BCUT2D eigenvalue weighted by atomic mass is 9.96. The first-order chi connectivity index (χ1) is 12.0. The van der Waals surface area contributed by atoms with Crippen LogP contribution in [-0.2, 0) is 4.74 Å². The third kappa shape index (κ3) is 2.65. The van der Waals surface area contributed by atoms with Crippen LogP contribution in [0.2, 0.25) is 0 Å². The first kappa shape index (κ1) is 16.0. The summed E-state index contributed by atoms with van der Waals surface area (Å²) < 4.78 is 46.6. The summed E-state index contributed by atoms with van der Waals surface area (Å²) in [7, 11) is 1.77. The van der Waals surface area contributed by atoms with E-state index in [-0.39, 0.29) is 5.56 Å². The molecule has 2 atom stereocenters. The summed E-state index contributed by atoms with van der Waals surface area (Å²) in [5.41, 5.74) is 1.42. The van der Waals surface area contributed by atoms with Gasteiger partial charge in [-0.05, 0) is 5.39 Å². The second-order valence-electron chi connectivity index (χ2n) is 6.16. The number of anilines is 1. The minimum Gasteiger partial charge on any atom is -0.345 e. The number of fused-ring (bicyclic) bond motifs is 3. The molecule has 0 aliphatic carbocycles. The van der Waals surface area contributed by atoms with Gasteiger partial charge in [0.2, 0.25) is 0 Å². The van der Waals surface area contributed by atoms with Crippen molar-refractivity contribution in [3.8, 4) is 0 Å². The molecule has 0 radical (unpaired) electrons. The molecule has 0 N–H and O–H groups in total. The lowest BCUT2D eigenvalue weighted by Gasteiger charge is -2.41. The molecule has 1 heterocycles. The Balaban J connectivity index is 1.95. The molecule has 25 heavy (non-hydrogen) atoms. The van der Waals surface area contributed by atoms with Crippen LogP contribution in [0, 0.1) is 0 Å². The summed E-state index contributed by atoms with van der Waals surface area (Å²) in [5.74, 6) is 0. The second-order valence-corrected chi connectivity index (χ2v) is 6.16. The number of hydrogen-bond donors (Lipinski definition) is 0. The molecule has 0 fully saturated rings. The molecule has 0 spiro atoms. The van der Waals surface area contributed by atoms with Crippen LogP contribution in [0.3, 0.4) is 0 Å². The van der Waals surface area contributed by atoms with Gasteiger partial charge in [-0.15, -0.1) is 0 Å². The lowest BCUT2D eigenvalue weighted by molar-refractivity contribution is -0.240. The normalized spacial score (nSPS) is 20.6. The van der Waals surface area contributed by atoms with Crippen molar-refractivity contribution in [1.82, 2.24) is 0 Å². The Kier molecular flexibility index (Phi) is 3.69. The zero-order valence-corrected chi connectivity index (χ0v) is 13.5. The molecule has 2 unspecified atom stereocenters. The maximum Gasteiger partial charge on any atom is 0.419 e. The molecule has 128 valence electrons. The molecule has 0 amide bonds. The number of alkyl halides is 3. The predicted octanol–water partition coefficient (Wildman–Crippen LogP) is 5.61. The van der Waals surface area contributed by atoms with Gasteiger partial charge in [0, 0.05) is 23.6 Å². The topological polar surface area (TPSA) is 12.5 Å². The van der Waals surface area contributed by atoms with Crippen LogP contribution in [0.15, 0.2) is 66.7 Å². The molecular formula is C20H16F3NO. The number of benzene rings is 3. The van der Waals surface area contributed by atoms with E-state index in [4.69, 9.17) is 4.74 Å². The fourth-order valence-electron chi connectivity index (χ4n) is 3.46. The Morgan fingerprint density at radius 3 is 2.28 bits per heavy atom. The van der Waals surface area contributed by atoms with Crippen LogP contribution in [-0.4, -0.2) is 13.2 Å². The number of halogens is 3. The largest absolute Gasteiger partial charge is 0.419 e. The molecular weight excluding hydrogens is 327 g/mol. The average Bonchev–Trinajstić information content (AvgIpc) is 2.61. The van der Waals surface area contributed by atoms with Crippen LogP contribution < -0.4 is 4.90 Å². The van der Waals surface area contributed by atoms with E-state index in [1.807, 2.05) is 30.3 Å². The summed E-state index contributed by atoms with van der Waals surface area (Å²) in [6.07, 6.45) is -7.23. The van der Waals surface area contributed by atoms with E-state index in [0.717, 1.165) is 10.8 Å². The highest BCUT2D eigenvalue weighted by Crippen LogP contribution is 2.50. The van der Waals surface area contributed by atoms with Gasteiger partial charge in [0.05, 0.1) is 5.69 Å². The van der Waals surface area contributed by atoms with Crippen LogP contribution in [0.25, 0.3) is 10.8 Å². The molecule has 3 aromatic rings. The second kappa shape index (κ2) is 5.77. The van der Waals surface area contributed by atoms with Crippen LogP contribution in [0.4, 0.5) is 18.9 Å². The summed E-state index contributed by atoms with van der Waals surface area (Å²) in [5, 5.41) is 1.70. The van der Waals surface area contributed by atoms with E-state index in [1.54, 1.807) is 42.3 Å².